The number of hydrogen-bond donors (Lipinski definition) is 0. The number of carbonyl (C=O) groups excluding carboxylic acids is 3. The van der Waals surface area contributed by atoms with Gasteiger partial charge in [-0.05, 0) is 6.42 Å². The molecule has 0 saturated carbocycles. The van der Waals surface area contributed by atoms with Crippen molar-refractivity contribution in [3.05, 3.63) is 0 Å². The van der Waals surface area contributed by atoms with Crippen LogP contribution in [-0.2, 0) is 28.6 Å². The Labute approximate surface area is 113 Å². The van der Waals surface area contributed by atoms with E-state index in [4.69, 9.17) is 14.2 Å². The van der Waals surface area contributed by atoms with Gasteiger partial charge in [-0.2, -0.15) is 0 Å². The highest BCUT2D eigenvalue weighted by molar-refractivity contribution is 5.69. The Balaban J connectivity index is 3.99. The van der Waals surface area contributed by atoms with Gasteiger partial charge in [0.25, 0.3) is 0 Å². The van der Waals surface area contributed by atoms with Crippen LogP contribution in [0.5, 0.6) is 0 Å². The van der Waals surface area contributed by atoms with Gasteiger partial charge in [0, 0.05) is 20.3 Å². The zero-order chi connectivity index (χ0) is 14.7. The first-order valence-corrected chi connectivity index (χ1v) is 6.41. The lowest BCUT2D eigenvalue weighted by Gasteiger charge is -2.16. The Bertz CT molecular complexity index is 300. The molecule has 0 aromatic rings. The van der Waals surface area contributed by atoms with Gasteiger partial charge in [0.2, 0.25) is 0 Å². The topological polar surface area (TPSA) is 78.9 Å². The van der Waals surface area contributed by atoms with Crippen LogP contribution in [-0.4, -0.2) is 37.2 Å². The molecule has 0 rings (SSSR count). The monoisotopic (exact) mass is 274 g/mol. The second-order valence-electron chi connectivity index (χ2n) is 4.17. The van der Waals surface area contributed by atoms with Crippen molar-refractivity contribution < 1.29 is 28.6 Å². The van der Waals surface area contributed by atoms with Gasteiger partial charge in [-0.3, -0.25) is 14.4 Å². The molecule has 0 aromatic carbocycles. The van der Waals surface area contributed by atoms with Gasteiger partial charge in [0.05, 0.1) is 0 Å². The molecule has 0 amide bonds. The summed E-state index contributed by atoms with van der Waals surface area (Å²) < 4.78 is 14.6. The average molecular weight is 274 g/mol. The van der Waals surface area contributed by atoms with Crippen molar-refractivity contribution in [3.63, 3.8) is 0 Å². The lowest BCUT2D eigenvalue weighted by molar-refractivity contribution is -0.164. The number of esters is 3. The molecule has 6 nitrogen and oxygen atoms in total. The van der Waals surface area contributed by atoms with Crippen LogP contribution < -0.4 is 0 Å². The molecule has 6 heteroatoms. The molecule has 0 spiro atoms. The maximum absolute atomic E-state index is 11.4. The molecular weight excluding hydrogens is 252 g/mol. The molecule has 0 N–H and O–H groups in total. The van der Waals surface area contributed by atoms with Crippen LogP contribution in [0.15, 0.2) is 0 Å². The minimum absolute atomic E-state index is 0.0994. The van der Waals surface area contributed by atoms with Crippen molar-refractivity contribution in [1.82, 2.24) is 0 Å². The summed E-state index contributed by atoms with van der Waals surface area (Å²) in [7, 11) is 0. The summed E-state index contributed by atoms with van der Waals surface area (Å²) in [5.74, 6) is -1.33. The van der Waals surface area contributed by atoms with Gasteiger partial charge in [0.15, 0.2) is 6.10 Å². The van der Waals surface area contributed by atoms with E-state index < -0.39 is 18.0 Å². The van der Waals surface area contributed by atoms with Gasteiger partial charge >= 0.3 is 17.9 Å². The van der Waals surface area contributed by atoms with Crippen LogP contribution in [0.25, 0.3) is 0 Å². The fourth-order valence-electron chi connectivity index (χ4n) is 1.34. The van der Waals surface area contributed by atoms with Crippen molar-refractivity contribution in [1.29, 1.82) is 0 Å². The van der Waals surface area contributed by atoms with E-state index in [2.05, 4.69) is 0 Å². The molecule has 1 unspecified atom stereocenters. The molecule has 0 aromatic heterocycles. The van der Waals surface area contributed by atoms with E-state index in [1.807, 2.05) is 6.92 Å². The first-order chi connectivity index (χ1) is 8.95. The smallest absolute Gasteiger partial charge is 0.305 e. The summed E-state index contributed by atoms with van der Waals surface area (Å²) in [6.45, 7) is 4.32. The number of rotatable bonds is 9. The number of hydrogen-bond acceptors (Lipinski definition) is 6. The Morgan fingerprint density at radius 3 is 2.11 bits per heavy atom. The molecule has 0 saturated heterocycles. The Morgan fingerprint density at radius 1 is 0.947 bits per heavy atom. The van der Waals surface area contributed by atoms with Crippen molar-refractivity contribution in [3.8, 4) is 0 Å². The van der Waals surface area contributed by atoms with E-state index in [-0.39, 0.29) is 19.2 Å². The molecule has 110 valence electrons. The van der Waals surface area contributed by atoms with Crippen molar-refractivity contribution >= 4 is 17.9 Å². The second kappa shape index (κ2) is 10.3. The number of unbranched alkanes of at least 4 members (excludes halogenated alkanes) is 2. The minimum atomic E-state index is -0.753. The predicted octanol–water partition coefficient (Wildman–Crippen LogP) is 1.60. The predicted molar refractivity (Wildman–Crippen MR) is 67.3 cm³/mol. The van der Waals surface area contributed by atoms with E-state index >= 15 is 0 Å². The standard InChI is InChI=1S/C13H22O6/c1-4-5-6-7-13(16)18-9-12(19-11(3)15)8-17-10(2)14/h12H,4-9H2,1-3H3. The van der Waals surface area contributed by atoms with Crippen molar-refractivity contribution in [2.75, 3.05) is 13.2 Å². The quantitative estimate of drug-likeness (QED) is 0.361. The minimum Gasteiger partial charge on any atom is -0.462 e. The maximum Gasteiger partial charge on any atom is 0.305 e. The highest BCUT2D eigenvalue weighted by Gasteiger charge is 2.16. The lowest BCUT2D eigenvalue weighted by atomic mass is 10.2. The molecule has 1 atom stereocenters. The Hall–Kier alpha value is -1.59. The molecule has 0 fully saturated rings. The molecule has 19 heavy (non-hydrogen) atoms. The van der Waals surface area contributed by atoms with E-state index in [1.54, 1.807) is 0 Å². The Morgan fingerprint density at radius 2 is 1.58 bits per heavy atom. The number of ether oxygens (including phenoxy) is 3. The largest absolute Gasteiger partial charge is 0.462 e. The van der Waals surface area contributed by atoms with E-state index in [0.717, 1.165) is 19.3 Å². The number of carbonyl (C=O) groups is 3. The fourth-order valence-corrected chi connectivity index (χ4v) is 1.34. The zero-order valence-corrected chi connectivity index (χ0v) is 11.8. The summed E-state index contributed by atoms with van der Waals surface area (Å²) in [6.07, 6.45) is 2.36. The molecule has 0 heterocycles. The molecule has 0 aliphatic rings. The summed E-state index contributed by atoms with van der Waals surface area (Å²) in [5.41, 5.74) is 0. The van der Waals surface area contributed by atoms with Gasteiger partial charge in [-0.15, -0.1) is 0 Å². The van der Waals surface area contributed by atoms with Crippen LogP contribution >= 0.6 is 0 Å². The van der Waals surface area contributed by atoms with E-state index in [1.165, 1.54) is 13.8 Å². The second-order valence-corrected chi connectivity index (χ2v) is 4.17. The van der Waals surface area contributed by atoms with Crippen LogP contribution in [0, 0.1) is 0 Å². The maximum atomic E-state index is 11.4. The summed E-state index contributed by atoms with van der Waals surface area (Å²) in [4.78, 5) is 32.9. The van der Waals surface area contributed by atoms with Crippen LogP contribution in [0.3, 0.4) is 0 Å². The SMILES string of the molecule is CCCCCC(=O)OCC(COC(C)=O)OC(C)=O. The molecule has 0 aliphatic heterocycles. The molecule has 0 aliphatic carbocycles. The van der Waals surface area contributed by atoms with Gasteiger partial charge in [0.1, 0.15) is 13.2 Å². The van der Waals surface area contributed by atoms with E-state index in [0.29, 0.717) is 6.42 Å². The third-order valence-corrected chi connectivity index (χ3v) is 2.22. The first-order valence-electron chi connectivity index (χ1n) is 6.41. The van der Waals surface area contributed by atoms with Gasteiger partial charge < -0.3 is 14.2 Å². The van der Waals surface area contributed by atoms with E-state index in [9.17, 15) is 14.4 Å². The summed E-state index contributed by atoms with van der Waals surface area (Å²) in [5, 5.41) is 0. The normalized spacial score (nSPS) is 11.5. The molecular formula is C13H22O6. The van der Waals surface area contributed by atoms with Gasteiger partial charge in [-0.25, -0.2) is 0 Å². The van der Waals surface area contributed by atoms with Crippen LogP contribution in [0.1, 0.15) is 46.5 Å². The lowest BCUT2D eigenvalue weighted by Crippen LogP contribution is -2.29. The average Bonchev–Trinajstić information content (AvgIpc) is 2.32. The third-order valence-electron chi connectivity index (χ3n) is 2.22. The fraction of sp³-hybridized carbons (Fsp3) is 0.769. The van der Waals surface area contributed by atoms with Crippen molar-refractivity contribution in [2.24, 2.45) is 0 Å². The molecule has 0 bridgehead atoms. The first kappa shape index (κ1) is 17.4. The zero-order valence-electron chi connectivity index (χ0n) is 11.8. The highest BCUT2D eigenvalue weighted by Crippen LogP contribution is 2.03. The van der Waals surface area contributed by atoms with Crippen LogP contribution in [0.2, 0.25) is 0 Å². The Kier molecular flexibility index (Phi) is 9.48. The highest BCUT2D eigenvalue weighted by atomic mass is 16.6. The molecule has 0 radical (unpaired) electrons. The van der Waals surface area contributed by atoms with Crippen LogP contribution in [0.4, 0.5) is 0 Å². The van der Waals surface area contributed by atoms with Crippen molar-refractivity contribution in [2.45, 2.75) is 52.6 Å². The summed E-state index contributed by atoms with van der Waals surface area (Å²) in [6, 6.07) is 0. The third kappa shape index (κ3) is 11.2. The van der Waals surface area contributed by atoms with Gasteiger partial charge in [-0.1, -0.05) is 19.8 Å². The summed E-state index contributed by atoms with van der Waals surface area (Å²) >= 11 is 0.